The van der Waals surface area contributed by atoms with Gasteiger partial charge in [0.15, 0.2) is 5.13 Å². The Morgan fingerprint density at radius 2 is 2.02 bits per heavy atom. The number of imidazole rings is 1. The molecule has 1 N–H and O–H groups in total. The monoisotopic (exact) mass is 618 g/mol. The average molecular weight is 619 g/mol. The van der Waals surface area contributed by atoms with Crippen LogP contribution in [0.2, 0.25) is 0 Å². The van der Waals surface area contributed by atoms with Crippen molar-refractivity contribution in [3.8, 4) is 5.75 Å². The van der Waals surface area contributed by atoms with Crippen molar-refractivity contribution in [2.24, 2.45) is 0 Å². The molecule has 5 heterocycles. The summed E-state index contributed by atoms with van der Waals surface area (Å²) in [6, 6.07) is 7.12. The fourth-order valence-electron chi connectivity index (χ4n) is 5.24. The van der Waals surface area contributed by atoms with E-state index in [1.54, 1.807) is 34.7 Å². The lowest BCUT2D eigenvalue weighted by atomic mass is 10.0. The number of amides is 1. The van der Waals surface area contributed by atoms with Crippen molar-refractivity contribution >= 4 is 43.9 Å². The first kappa shape index (κ1) is 28.3. The van der Waals surface area contributed by atoms with Gasteiger partial charge in [-0.3, -0.25) is 9.20 Å². The van der Waals surface area contributed by atoms with Crippen LogP contribution in [-0.2, 0) is 14.9 Å². The minimum atomic E-state index is -4.25. The van der Waals surface area contributed by atoms with Gasteiger partial charge >= 0.3 is 10.2 Å². The Hall–Kier alpha value is -3.82. The maximum Gasteiger partial charge on any atom is 0.328 e. The third-order valence-corrected chi connectivity index (χ3v) is 9.67. The van der Waals surface area contributed by atoms with E-state index in [-0.39, 0.29) is 29.9 Å². The highest BCUT2D eigenvalue weighted by atomic mass is 32.2. The number of anilines is 2. The lowest BCUT2D eigenvalue weighted by molar-refractivity contribution is 0.0250. The van der Waals surface area contributed by atoms with Crippen LogP contribution < -0.4 is 18.7 Å². The largest absolute Gasteiger partial charge is 0.490 e. The molecule has 0 aliphatic carbocycles. The summed E-state index contributed by atoms with van der Waals surface area (Å²) in [4.78, 5) is 23.1. The van der Waals surface area contributed by atoms with Crippen molar-refractivity contribution in [3.63, 3.8) is 0 Å². The summed E-state index contributed by atoms with van der Waals surface area (Å²) in [5.74, 6) is -0.869. The van der Waals surface area contributed by atoms with Crippen LogP contribution in [0.4, 0.5) is 19.6 Å². The molecule has 0 spiro atoms. The summed E-state index contributed by atoms with van der Waals surface area (Å²) >= 11 is 1.10. The second-order valence-electron chi connectivity index (χ2n) is 10.1. The number of hydrogen-bond donors (Lipinski definition) is 1. The molecule has 4 aromatic rings. The van der Waals surface area contributed by atoms with Crippen LogP contribution in [0, 0.1) is 5.82 Å². The Morgan fingerprint density at radius 1 is 1.21 bits per heavy atom. The SMILES string of the molecule is CN(c1nccs1)S(=O)(=O)NC(=O)c1cnc2ccc(N3CC(F)CC3c3cc(F)ccc3OC3CCOCC3)cn12. The Bertz CT molecular complexity index is 1690. The van der Waals surface area contributed by atoms with Crippen LogP contribution in [0.5, 0.6) is 5.75 Å². The summed E-state index contributed by atoms with van der Waals surface area (Å²) in [5.41, 5.74) is 1.42. The Labute approximate surface area is 244 Å². The van der Waals surface area contributed by atoms with Crippen molar-refractivity contribution in [2.75, 3.05) is 36.0 Å². The number of nitrogens with one attached hydrogen (secondary N) is 1. The second-order valence-corrected chi connectivity index (χ2v) is 12.7. The number of halogens is 2. The lowest BCUT2D eigenvalue weighted by Gasteiger charge is -2.30. The zero-order valence-electron chi connectivity index (χ0n) is 22.5. The predicted octanol–water partition coefficient (Wildman–Crippen LogP) is 3.89. The Kier molecular flexibility index (Phi) is 7.72. The van der Waals surface area contributed by atoms with Gasteiger partial charge in [0.1, 0.15) is 35.2 Å². The van der Waals surface area contributed by atoms with Crippen LogP contribution in [0.1, 0.15) is 41.4 Å². The summed E-state index contributed by atoms with van der Waals surface area (Å²) in [6.07, 6.45) is 4.55. The Balaban J connectivity index is 1.30. The third-order valence-electron chi connectivity index (χ3n) is 7.37. The van der Waals surface area contributed by atoms with Gasteiger partial charge in [-0.1, -0.05) is 0 Å². The van der Waals surface area contributed by atoms with Crippen LogP contribution in [0.3, 0.4) is 0 Å². The van der Waals surface area contributed by atoms with Crippen molar-refractivity contribution in [2.45, 2.75) is 37.6 Å². The number of ether oxygens (including phenoxy) is 2. The number of carbonyl (C=O) groups excluding carboxylic acids is 1. The molecule has 2 saturated heterocycles. The summed E-state index contributed by atoms with van der Waals surface area (Å²) in [6.45, 7) is 1.19. The predicted molar refractivity (Wildman–Crippen MR) is 153 cm³/mol. The first-order chi connectivity index (χ1) is 20.2. The third kappa shape index (κ3) is 5.63. The molecule has 222 valence electrons. The molecule has 2 aliphatic rings. The molecule has 6 rings (SSSR count). The van der Waals surface area contributed by atoms with Gasteiger partial charge in [-0.15, -0.1) is 11.3 Å². The van der Waals surface area contributed by atoms with E-state index < -0.39 is 34.1 Å². The zero-order valence-corrected chi connectivity index (χ0v) is 24.2. The number of rotatable bonds is 8. The van der Waals surface area contributed by atoms with Crippen molar-refractivity contribution in [1.82, 2.24) is 19.1 Å². The normalized spacial score (nSPS) is 19.7. The van der Waals surface area contributed by atoms with Gasteiger partial charge in [0.25, 0.3) is 5.91 Å². The second kappa shape index (κ2) is 11.5. The molecule has 11 nitrogen and oxygen atoms in total. The lowest BCUT2D eigenvalue weighted by Crippen LogP contribution is -2.42. The van der Waals surface area contributed by atoms with Crippen LogP contribution in [0.25, 0.3) is 5.65 Å². The molecule has 2 aliphatic heterocycles. The van der Waals surface area contributed by atoms with E-state index in [4.69, 9.17) is 9.47 Å². The number of alkyl halides is 1. The van der Waals surface area contributed by atoms with E-state index in [1.807, 2.05) is 4.72 Å². The van der Waals surface area contributed by atoms with Gasteiger partial charge in [0.2, 0.25) is 0 Å². The number of fused-ring (bicyclic) bond motifs is 1. The van der Waals surface area contributed by atoms with Gasteiger partial charge in [0, 0.05) is 56.2 Å². The molecule has 0 bridgehead atoms. The number of aromatic nitrogens is 3. The van der Waals surface area contributed by atoms with E-state index in [0.29, 0.717) is 48.7 Å². The molecule has 15 heteroatoms. The smallest absolute Gasteiger partial charge is 0.328 e. The highest BCUT2D eigenvalue weighted by Crippen LogP contribution is 2.42. The molecule has 1 amide bonds. The minimum absolute atomic E-state index is 0.0343. The molecule has 0 saturated carbocycles. The first-order valence-corrected chi connectivity index (χ1v) is 15.6. The molecular weight excluding hydrogens is 590 g/mol. The maximum absolute atomic E-state index is 15.0. The van der Waals surface area contributed by atoms with E-state index >= 15 is 0 Å². The number of hydrogen-bond acceptors (Lipinski definition) is 9. The van der Waals surface area contributed by atoms with Gasteiger partial charge in [0.05, 0.1) is 31.1 Å². The van der Waals surface area contributed by atoms with E-state index in [1.165, 1.54) is 36.0 Å². The number of nitrogens with zero attached hydrogens (tertiary/aromatic N) is 5. The van der Waals surface area contributed by atoms with Gasteiger partial charge in [-0.05, 0) is 30.3 Å². The molecular formula is C27H28F2N6O5S2. The van der Waals surface area contributed by atoms with Gasteiger partial charge in [-0.2, -0.15) is 8.42 Å². The summed E-state index contributed by atoms with van der Waals surface area (Å²) in [5, 5.41) is 1.81. The standard InChI is InChI=1S/C27H28F2N6O5S2/c1-33(27-30-8-11-41-27)42(37,38)32-26(36)23-14-31-25-5-3-19(16-35(23)25)34-15-18(29)13-22(34)21-12-17(28)2-4-24(21)40-20-6-9-39-10-7-20/h2-5,8,11-12,14,16,18,20,22H,6-7,9-10,13,15H2,1H3,(H,32,36). The topological polar surface area (TPSA) is 118 Å². The molecule has 0 radical (unpaired) electrons. The molecule has 3 aromatic heterocycles. The summed E-state index contributed by atoms with van der Waals surface area (Å²) in [7, 11) is -2.97. The van der Waals surface area contributed by atoms with E-state index in [0.717, 1.165) is 15.6 Å². The number of pyridine rings is 1. The summed E-state index contributed by atoms with van der Waals surface area (Å²) < 4.78 is 71.1. The molecule has 1 aromatic carbocycles. The van der Waals surface area contributed by atoms with Crippen molar-refractivity contribution < 1.29 is 31.5 Å². The van der Waals surface area contributed by atoms with E-state index in [2.05, 4.69) is 9.97 Å². The molecule has 2 atom stereocenters. The minimum Gasteiger partial charge on any atom is -0.490 e. The first-order valence-electron chi connectivity index (χ1n) is 13.3. The van der Waals surface area contributed by atoms with Gasteiger partial charge < -0.3 is 14.4 Å². The fraction of sp³-hybridized carbons (Fsp3) is 0.370. The number of carbonyl (C=O) groups is 1. The van der Waals surface area contributed by atoms with Gasteiger partial charge in [-0.25, -0.2) is 27.8 Å². The van der Waals surface area contributed by atoms with Crippen LogP contribution >= 0.6 is 11.3 Å². The average Bonchev–Trinajstić information content (AvgIpc) is 3.73. The fourth-order valence-corrected chi connectivity index (χ4v) is 6.91. The van der Waals surface area contributed by atoms with Crippen molar-refractivity contribution in [3.05, 3.63) is 71.4 Å². The number of thiazole rings is 1. The Morgan fingerprint density at radius 3 is 2.79 bits per heavy atom. The highest BCUT2D eigenvalue weighted by Gasteiger charge is 2.36. The maximum atomic E-state index is 15.0. The van der Waals surface area contributed by atoms with Crippen LogP contribution in [0.15, 0.2) is 54.3 Å². The van der Waals surface area contributed by atoms with Crippen molar-refractivity contribution in [1.29, 1.82) is 0 Å². The highest BCUT2D eigenvalue weighted by molar-refractivity contribution is 7.91. The van der Waals surface area contributed by atoms with Crippen LogP contribution in [-0.4, -0.2) is 67.8 Å². The quantitative estimate of drug-likeness (QED) is 0.316. The molecule has 2 unspecified atom stereocenters. The molecule has 2 fully saturated rings. The number of benzene rings is 1. The zero-order chi connectivity index (χ0) is 29.4. The molecule has 42 heavy (non-hydrogen) atoms. The van der Waals surface area contributed by atoms with E-state index in [9.17, 15) is 22.0 Å².